The summed E-state index contributed by atoms with van der Waals surface area (Å²) in [5.41, 5.74) is 1.93. The molecule has 2 fully saturated rings. The Bertz CT molecular complexity index is 700. The molecule has 1 aromatic heterocycles. The molecule has 24 heavy (non-hydrogen) atoms. The van der Waals surface area contributed by atoms with Gasteiger partial charge in [0.15, 0.2) is 0 Å². The van der Waals surface area contributed by atoms with Crippen LogP contribution >= 0.6 is 0 Å². The summed E-state index contributed by atoms with van der Waals surface area (Å²) >= 11 is 0. The number of ether oxygens (including phenoxy) is 1. The highest BCUT2D eigenvalue weighted by Crippen LogP contribution is 2.53. The Kier molecular flexibility index (Phi) is 4.10. The molecule has 5 nitrogen and oxygen atoms in total. The van der Waals surface area contributed by atoms with E-state index < -0.39 is 0 Å². The zero-order valence-corrected chi connectivity index (χ0v) is 13.7. The first kappa shape index (κ1) is 15.4. The summed E-state index contributed by atoms with van der Waals surface area (Å²) in [5.74, 6) is 1.31. The fraction of sp³-hybridized carbons (Fsp3) is 0.474. The molecule has 2 heterocycles. The van der Waals surface area contributed by atoms with E-state index in [1.54, 1.807) is 0 Å². The predicted molar refractivity (Wildman–Crippen MR) is 88.6 cm³/mol. The van der Waals surface area contributed by atoms with Gasteiger partial charge in [0, 0.05) is 25.1 Å². The molecular formula is C19H22N2O3. The average molecular weight is 326 g/mol. The lowest BCUT2D eigenvalue weighted by atomic mass is 9.93. The number of nitrogens with one attached hydrogen (secondary N) is 1. The molecule has 1 atom stereocenters. The number of aromatic nitrogens is 1. The molecule has 0 spiro atoms. The summed E-state index contributed by atoms with van der Waals surface area (Å²) in [6, 6.07) is 12.3. The van der Waals surface area contributed by atoms with Gasteiger partial charge in [0.2, 0.25) is 5.91 Å². The number of hydrogen-bond donors (Lipinski definition) is 1. The minimum atomic E-state index is -0.0375. The molecule has 1 aliphatic carbocycles. The van der Waals surface area contributed by atoms with E-state index in [1.807, 2.05) is 24.3 Å². The van der Waals surface area contributed by atoms with Crippen LogP contribution in [0.3, 0.4) is 0 Å². The first-order valence-electron chi connectivity index (χ1n) is 8.62. The Balaban J connectivity index is 1.37. The van der Waals surface area contributed by atoms with Gasteiger partial charge >= 0.3 is 0 Å². The van der Waals surface area contributed by atoms with Crippen molar-refractivity contribution in [3.05, 3.63) is 53.4 Å². The second-order valence-corrected chi connectivity index (χ2v) is 6.84. The maximum atomic E-state index is 12.1. The molecule has 1 unspecified atom stereocenters. The Morgan fingerprint density at radius 1 is 1.29 bits per heavy atom. The van der Waals surface area contributed by atoms with Crippen molar-refractivity contribution in [2.24, 2.45) is 5.92 Å². The maximum absolute atomic E-state index is 12.1. The number of hydrogen-bond acceptors (Lipinski definition) is 4. The van der Waals surface area contributed by atoms with Gasteiger partial charge in [-0.25, -0.2) is 0 Å². The van der Waals surface area contributed by atoms with Crippen LogP contribution in [0.2, 0.25) is 0 Å². The van der Waals surface area contributed by atoms with Crippen LogP contribution < -0.4 is 5.32 Å². The Hall–Kier alpha value is -2.14. The van der Waals surface area contributed by atoms with E-state index in [1.165, 1.54) is 5.56 Å². The number of benzene rings is 1. The van der Waals surface area contributed by atoms with Gasteiger partial charge in [-0.15, -0.1) is 0 Å². The van der Waals surface area contributed by atoms with Crippen molar-refractivity contribution < 1.29 is 14.1 Å². The van der Waals surface area contributed by atoms with Crippen molar-refractivity contribution in [2.75, 3.05) is 19.8 Å². The summed E-state index contributed by atoms with van der Waals surface area (Å²) in [7, 11) is 0. The van der Waals surface area contributed by atoms with Gasteiger partial charge < -0.3 is 14.6 Å². The molecule has 1 saturated carbocycles. The quantitative estimate of drug-likeness (QED) is 0.885. The van der Waals surface area contributed by atoms with Gasteiger partial charge in [0.05, 0.1) is 24.1 Å². The van der Waals surface area contributed by atoms with Crippen LogP contribution in [0.15, 0.2) is 40.9 Å². The predicted octanol–water partition coefficient (Wildman–Crippen LogP) is 2.45. The van der Waals surface area contributed by atoms with Gasteiger partial charge in [-0.1, -0.05) is 35.5 Å². The monoisotopic (exact) mass is 326 g/mol. The van der Waals surface area contributed by atoms with Crippen LogP contribution in [0.4, 0.5) is 0 Å². The summed E-state index contributed by atoms with van der Waals surface area (Å²) in [5, 5.41) is 7.07. The minimum absolute atomic E-state index is 0.00805. The Morgan fingerprint density at radius 2 is 2.12 bits per heavy atom. The summed E-state index contributed by atoms with van der Waals surface area (Å²) in [4.78, 5) is 12.1. The first-order valence-corrected chi connectivity index (χ1v) is 8.62. The lowest BCUT2D eigenvalue weighted by Gasteiger charge is -2.11. The average Bonchev–Trinajstić information content (AvgIpc) is 3.03. The second-order valence-electron chi connectivity index (χ2n) is 6.84. The van der Waals surface area contributed by atoms with Crippen LogP contribution in [0.5, 0.6) is 0 Å². The molecule has 2 aliphatic rings. The zero-order chi connectivity index (χ0) is 16.4. The molecule has 4 rings (SSSR count). The van der Waals surface area contributed by atoms with Crippen LogP contribution in [0.1, 0.15) is 36.3 Å². The van der Waals surface area contributed by atoms with Crippen LogP contribution in [0, 0.1) is 5.92 Å². The van der Waals surface area contributed by atoms with E-state index in [9.17, 15) is 4.79 Å². The second kappa shape index (κ2) is 6.40. The van der Waals surface area contributed by atoms with Crippen molar-refractivity contribution in [1.82, 2.24) is 10.5 Å². The normalized spacial score (nSPS) is 21.6. The highest BCUT2D eigenvalue weighted by atomic mass is 16.5. The van der Waals surface area contributed by atoms with Gasteiger partial charge in [0.25, 0.3) is 0 Å². The molecule has 5 heteroatoms. The maximum Gasteiger partial charge on any atom is 0.226 e. The number of carbonyl (C=O) groups excluding carboxylic acids is 1. The first-order chi connectivity index (χ1) is 11.8. The summed E-state index contributed by atoms with van der Waals surface area (Å²) in [6.45, 7) is 2.22. The van der Waals surface area contributed by atoms with Crippen molar-refractivity contribution in [3.63, 3.8) is 0 Å². The van der Waals surface area contributed by atoms with E-state index in [0.717, 1.165) is 38.2 Å². The molecule has 1 aromatic carbocycles. The fourth-order valence-electron chi connectivity index (χ4n) is 3.41. The van der Waals surface area contributed by atoms with Crippen LogP contribution in [-0.4, -0.2) is 30.8 Å². The molecule has 0 radical (unpaired) electrons. The molecule has 1 saturated heterocycles. The SMILES string of the molecule is O=C(Cc1cc(C2(c3ccccc3)CC2)on1)NCC1CCOC1. The third-order valence-electron chi connectivity index (χ3n) is 5.06. The number of amides is 1. The fourth-order valence-corrected chi connectivity index (χ4v) is 3.41. The highest BCUT2D eigenvalue weighted by Gasteiger charge is 2.49. The van der Waals surface area contributed by atoms with Crippen molar-refractivity contribution in [1.29, 1.82) is 0 Å². The zero-order valence-electron chi connectivity index (χ0n) is 13.7. The summed E-state index contributed by atoms with van der Waals surface area (Å²) in [6.07, 6.45) is 3.43. The third kappa shape index (κ3) is 3.08. The molecule has 1 amide bonds. The number of carbonyl (C=O) groups is 1. The van der Waals surface area contributed by atoms with E-state index in [2.05, 4.69) is 22.6 Å². The highest BCUT2D eigenvalue weighted by molar-refractivity contribution is 5.78. The van der Waals surface area contributed by atoms with E-state index in [4.69, 9.17) is 9.26 Å². The van der Waals surface area contributed by atoms with Crippen molar-refractivity contribution in [3.8, 4) is 0 Å². The van der Waals surface area contributed by atoms with Crippen molar-refractivity contribution >= 4 is 5.91 Å². The molecule has 126 valence electrons. The van der Waals surface area contributed by atoms with Gasteiger partial charge in [-0.05, 0) is 24.8 Å². The minimum Gasteiger partial charge on any atom is -0.381 e. The topological polar surface area (TPSA) is 64.4 Å². The summed E-state index contributed by atoms with van der Waals surface area (Å²) < 4.78 is 10.9. The van der Waals surface area contributed by atoms with E-state index in [-0.39, 0.29) is 17.7 Å². The van der Waals surface area contributed by atoms with E-state index >= 15 is 0 Å². The third-order valence-corrected chi connectivity index (χ3v) is 5.06. The Morgan fingerprint density at radius 3 is 2.83 bits per heavy atom. The number of rotatable bonds is 6. The number of nitrogens with zero attached hydrogens (tertiary/aromatic N) is 1. The van der Waals surface area contributed by atoms with Crippen LogP contribution in [0.25, 0.3) is 0 Å². The molecule has 1 aliphatic heterocycles. The Labute approximate surface area is 141 Å². The molecule has 1 N–H and O–H groups in total. The lowest BCUT2D eigenvalue weighted by molar-refractivity contribution is -0.120. The molecule has 2 aromatic rings. The van der Waals surface area contributed by atoms with Crippen molar-refractivity contribution in [2.45, 2.75) is 31.1 Å². The smallest absolute Gasteiger partial charge is 0.226 e. The molecule has 0 bridgehead atoms. The van der Waals surface area contributed by atoms with Crippen LogP contribution in [-0.2, 0) is 21.4 Å². The lowest BCUT2D eigenvalue weighted by Crippen LogP contribution is -2.30. The van der Waals surface area contributed by atoms with Gasteiger partial charge in [0.1, 0.15) is 5.76 Å². The molecular weight excluding hydrogens is 304 g/mol. The standard InChI is InChI=1S/C19H22N2O3/c22-18(20-12-14-6-9-23-13-14)11-16-10-17(24-21-16)19(7-8-19)15-4-2-1-3-5-15/h1-5,10,14H,6-9,11-13H2,(H,20,22). The largest absolute Gasteiger partial charge is 0.381 e. The van der Waals surface area contributed by atoms with Gasteiger partial charge in [-0.2, -0.15) is 0 Å². The van der Waals surface area contributed by atoms with Gasteiger partial charge in [-0.3, -0.25) is 4.79 Å². The van der Waals surface area contributed by atoms with E-state index in [0.29, 0.717) is 18.2 Å².